The number of anilines is 1. The molecule has 0 bridgehead atoms. The summed E-state index contributed by atoms with van der Waals surface area (Å²) >= 11 is 0. The smallest absolute Gasteiger partial charge is 0.416 e. The lowest BCUT2D eigenvalue weighted by atomic mass is 9.95. The molecule has 0 radical (unpaired) electrons. The summed E-state index contributed by atoms with van der Waals surface area (Å²) in [7, 11) is 0. The fraction of sp³-hybridized carbons (Fsp3) is 0.429. The predicted molar refractivity (Wildman–Crippen MR) is 103 cm³/mol. The van der Waals surface area contributed by atoms with Crippen LogP contribution in [-0.2, 0) is 11.0 Å². The zero-order valence-electron chi connectivity index (χ0n) is 16.5. The first-order valence-electron chi connectivity index (χ1n) is 9.77. The van der Waals surface area contributed by atoms with Crippen LogP contribution in [0, 0.1) is 5.92 Å². The first-order chi connectivity index (χ1) is 14.3. The van der Waals surface area contributed by atoms with Gasteiger partial charge in [0.2, 0.25) is 5.91 Å². The molecule has 2 amide bonds. The van der Waals surface area contributed by atoms with E-state index in [1.807, 2.05) is 6.92 Å². The highest BCUT2D eigenvalue weighted by atomic mass is 19.4. The molecule has 162 valence electrons. The predicted octanol–water partition coefficient (Wildman–Crippen LogP) is 4.58. The standard InChI is InChI=1S/C21H23F3N2O4/c1-2-11-29-17-6-5-15(21(22,23)24)13-16(17)25-19(27)14-7-9-26(10-8-14)20(28)18-4-3-12-30-18/h3-6,12-14H,2,7-11H2,1H3,(H,25,27). The third-order valence-electron chi connectivity index (χ3n) is 4.91. The van der Waals surface area contributed by atoms with Crippen molar-refractivity contribution < 1.29 is 31.9 Å². The van der Waals surface area contributed by atoms with E-state index in [1.165, 1.54) is 12.3 Å². The van der Waals surface area contributed by atoms with Crippen molar-refractivity contribution in [2.75, 3.05) is 25.0 Å². The quantitative estimate of drug-likeness (QED) is 0.737. The molecule has 1 fully saturated rings. The van der Waals surface area contributed by atoms with Gasteiger partial charge in [-0.15, -0.1) is 0 Å². The van der Waals surface area contributed by atoms with E-state index in [4.69, 9.17) is 9.15 Å². The molecule has 0 atom stereocenters. The lowest BCUT2D eigenvalue weighted by Gasteiger charge is -2.31. The Bertz CT molecular complexity index is 873. The molecule has 6 nitrogen and oxygen atoms in total. The number of hydrogen-bond acceptors (Lipinski definition) is 4. The number of benzene rings is 1. The van der Waals surface area contributed by atoms with E-state index < -0.39 is 17.7 Å². The minimum absolute atomic E-state index is 0.00244. The number of ether oxygens (including phenoxy) is 1. The molecule has 1 saturated heterocycles. The number of halogens is 3. The number of furan rings is 1. The van der Waals surface area contributed by atoms with Gasteiger partial charge in [0.15, 0.2) is 5.76 Å². The number of rotatable bonds is 6. The van der Waals surface area contributed by atoms with E-state index >= 15 is 0 Å². The van der Waals surface area contributed by atoms with Crippen molar-refractivity contribution in [3.05, 3.63) is 47.9 Å². The molecule has 2 heterocycles. The summed E-state index contributed by atoms with van der Waals surface area (Å²) in [6, 6.07) is 6.24. The topological polar surface area (TPSA) is 71.8 Å². The minimum atomic E-state index is -4.53. The van der Waals surface area contributed by atoms with Crippen molar-refractivity contribution in [1.82, 2.24) is 4.90 Å². The number of hydrogen-bond donors (Lipinski definition) is 1. The second-order valence-electron chi connectivity index (χ2n) is 7.09. The molecule has 0 aliphatic carbocycles. The zero-order chi connectivity index (χ0) is 21.7. The molecule has 9 heteroatoms. The Morgan fingerprint density at radius 2 is 1.97 bits per heavy atom. The van der Waals surface area contributed by atoms with Crippen LogP contribution in [0.3, 0.4) is 0 Å². The maximum absolute atomic E-state index is 13.1. The van der Waals surface area contributed by atoms with Gasteiger partial charge in [-0.1, -0.05) is 6.92 Å². The van der Waals surface area contributed by atoms with Crippen LogP contribution in [0.5, 0.6) is 5.75 Å². The Labute approximate surface area is 172 Å². The number of nitrogens with one attached hydrogen (secondary N) is 1. The highest BCUT2D eigenvalue weighted by Crippen LogP contribution is 2.35. The lowest BCUT2D eigenvalue weighted by Crippen LogP contribution is -2.41. The SMILES string of the molecule is CCCOc1ccc(C(F)(F)F)cc1NC(=O)C1CCN(C(=O)c2ccco2)CC1. The first kappa shape index (κ1) is 21.7. The lowest BCUT2D eigenvalue weighted by molar-refractivity contribution is -0.137. The summed E-state index contributed by atoms with van der Waals surface area (Å²) in [4.78, 5) is 26.6. The van der Waals surface area contributed by atoms with Gasteiger partial charge in [0.25, 0.3) is 5.91 Å². The molecule has 2 aromatic rings. The van der Waals surface area contributed by atoms with Crippen LogP contribution in [0.4, 0.5) is 18.9 Å². The molecule has 1 N–H and O–H groups in total. The van der Waals surface area contributed by atoms with Crippen LogP contribution in [0.1, 0.15) is 42.3 Å². The number of likely N-dealkylation sites (tertiary alicyclic amines) is 1. The summed E-state index contributed by atoms with van der Waals surface area (Å²) in [5.74, 6) is -0.616. The van der Waals surface area contributed by atoms with Crippen molar-refractivity contribution in [1.29, 1.82) is 0 Å². The van der Waals surface area contributed by atoms with Crippen LogP contribution < -0.4 is 10.1 Å². The summed E-state index contributed by atoms with van der Waals surface area (Å²) in [5, 5.41) is 2.59. The van der Waals surface area contributed by atoms with Crippen LogP contribution in [-0.4, -0.2) is 36.4 Å². The average molecular weight is 424 g/mol. The molecule has 0 saturated carbocycles. The molecule has 1 aromatic carbocycles. The molecule has 3 rings (SSSR count). The molecule has 1 aromatic heterocycles. The molecule has 1 aliphatic rings. The van der Waals surface area contributed by atoms with E-state index in [0.29, 0.717) is 39.0 Å². The highest BCUT2D eigenvalue weighted by molar-refractivity contribution is 5.95. The number of nitrogens with zero attached hydrogens (tertiary/aromatic N) is 1. The largest absolute Gasteiger partial charge is 0.491 e. The molecular formula is C21H23F3N2O4. The maximum Gasteiger partial charge on any atom is 0.416 e. The van der Waals surface area contributed by atoms with Gasteiger partial charge in [-0.3, -0.25) is 9.59 Å². The van der Waals surface area contributed by atoms with E-state index in [2.05, 4.69) is 5.32 Å². The van der Waals surface area contributed by atoms with Gasteiger partial charge in [0.1, 0.15) is 5.75 Å². The van der Waals surface area contributed by atoms with Crippen LogP contribution >= 0.6 is 0 Å². The van der Waals surface area contributed by atoms with Gasteiger partial charge in [-0.25, -0.2) is 0 Å². The van der Waals surface area contributed by atoms with Gasteiger partial charge < -0.3 is 19.4 Å². The highest BCUT2D eigenvalue weighted by Gasteiger charge is 2.33. The molecule has 0 unspecified atom stereocenters. The maximum atomic E-state index is 13.1. The monoisotopic (exact) mass is 424 g/mol. The average Bonchev–Trinajstić information content (AvgIpc) is 3.26. The summed E-state index contributed by atoms with van der Waals surface area (Å²) in [6.07, 6.45) is -1.62. The summed E-state index contributed by atoms with van der Waals surface area (Å²) in [5.41, 5.74) is -0.863. The summed E-state index contributed by atoms with van der Waals surface area (Å²) in [6.45, 7) is 2.92. The van der Waals surface area contributed by atoms with Crippen LogP contribution in [0.15, 0.2) is 41.0 Å². The Morgan fingerprint density at radius 1 is 1.23 bits per heavy atom. The van der Waals surface area contributed by atoms with Crippen molar-refractivity contribution >= 4 is 17.5 Å². The van der Waals surface area contributed by atoms with E-state index in [1.54, 1.807) is 17.0 Å². The number of alkyl halides is 3. The van der Waals surface area contributed by atoms with Crippen molar-refractivity contribution in [2.24, 2.45) is 5.92 Å². The Morgan fingerprint density at radius 3 is 2.57 bits per heavy atom. The van der Waals surface area contributed by atoms with E-state index in [-0.39, 0.29) is 29.0 Å². The van der Waals surface area contributed by atoms with Gasteiger partial charge in [0.05, 0.1) is 24.1 Å². The Kier molecular flexibility index (Phi) is 6.69. The zero-order valence-corrected chi connectivity index (χ0v) is 16.5. The second-order valence-corrected chi connectivity index (χ2v) is 7.09. The van der Waals surface area contributed by atoms with Crippen molar-refractivity contribution in [3.63, 3.8) is 0 Å². The van der Waals surface area contributed by atoms with Gasteiger partial charge in [-0.2, -0.15) is 13.2 Å². The minimum Gasteiger partial charge on any atom is -0.491 e. The fourth-order valence-corrected chi connectivity index (χ4v) is 3.28. The molecule has 30 heavy (non-hydrogen) atoms. The molecule has 0 spiro atoms. The van der Waals surface area contributed by atoms with Gasteiger partial charge >= 0.3 is 6.18 Å². The van der Waals surface area contributed by atoms with E-state index in [9.17, 15) is 22.8 Å². The molecular weight excluding hydrogens is 401 g/mol. The first-order valence-corrected chi connectivity index (χ1v) is 9.77. The number of carbonyl (C=O) groups is 2. The van der Waals surface area contributed by atoms with Gasteiger partial charge in [0, 0.05) is 19.0 Å². The normalized spacial score (nSPS) is 15.1. The number of piperidine rings is 1. The van der Waals surface area contributed by atoms with Crippen molar-refractivity contribution in [3.8, 4) is 5.75 Å². The van der Waals surface area contributed by atoms with Crippen molar-refractivity contribution in [2.45, 2.75) is 32.4 Å². The Balaban J connectivity index is 1.66. The van der Waals surface area contributed by atoms with Crippen LogP contribution in [0.25, 0.3) is 0 Å². The Hall–Kier alpha value is -2.97. The van der Waals surface area contributed by atoms with Crippen LogP contribution in [0.2, 0.25) is 0 Å². The third kappa shape index (κ3) is 5.14. The van der Waals surface area contributed by atoms with E-state index in [0.717, 1.165) is 12.1 Å². The second kappa shape index (κ2) is 9.23. The van der Waals surface area contributed by atoms with Gasteiger partial charge in [-0.05, 0) is 49.6 Å². The number of amides is 2. The third-order valence-corrected chi connectivity index (χ3v) is 4.91. The molecule has 1 aliphatic heterocycles. The fourth-order valence-electron chi connectivity index (χ4n) is 3.28. The summed E-state index contributed by atoms with van der Waals surface area (Å²) < 4.78 is 49.8. The number of carbonyl (C=O) groups excluding carboxylic acids is 2.